The van der Waals surface area contributed by atoms with Crippen LogP contribution in [0.4, 0.5) is 10.5 Å². The molecule has 2 saturated heterocycles. The van der Waals surface area contributed by atoms with Gasteiger partial charge in [-0.05, 0) is 65.7 Å². The maximum absolute atomic E-state index is 12.6. The normalized spacial score (nSPS) is 17.5. The fourth-order valence-electron chi connectivity index (χ4n) is 4.16. The lowest BCUT2D eigenvalue weighted by atomic mass is 10.1. The minimum Gasteiger partial charge on any atom is -0.378 e. The highest BCUT2D eigenvalue weighted by molar-refractivity contribution is 9.10. The van der Waals surface area contributed by atoms with Crippen LogP contribution in [0.3, 0.4) is 0 Å². The van der Waals surface area contributed by atoms with Crippen LogP contribution in [-0.2, 0) is 14.3 Å². The molecule has 32 heavy (non-hydrogen) atoms. The van der Waals surface area contributed by atoms with Gasteiger partial charge < -0.3 is 14.2 Å². The van der Waals surface area contributed by atoms with Crippen LogP contribution in [0.15, 0.2) is 34.3 Å². The SMILES string of the molecule is Cc1cc(C=C2C(=O)N(C)C(=O)N(C)C2=O)c(C)n1-c1ccc(N2CCOCC2)c(Br)c1. The number of amides is 4. The van der Waals surface area contributed by atoms with Crippen molar-refractivity contribution >= 4 is 45.5 Å². The highest BCUT2D eigenvalue weighted by Gasteiger charge is 2.38. The second-order valence-electron chi connectivity index (χ2n) is 7.97. The molecule has 0 spiro atoms. The highest BCUT2D eigenvalue weighted by atomic mass is 79.9. The Balaban J connectivity index is 1.70. The van der Waals surface area contributed by atoms with E-state index < -0.39 is 17.8 Å². The fourth-order valence-corrected chi connectivity index (χ4v) is 4.77. The Morgan fingerprint density at radius 3 is 2.19 bits per heavy atom. The lowest BCUT2D eigenvalue weighted by Crippen LogP contribution is -2.52. The minimum atomic E-state index is -0.632. The molecular formula is C23H25BrN4O4. The number of imide groups is 2. The van der Waals surface area contributed by atoms with E-state index in [0.717, 1.165) is 68.9 Å². The molecule has 2 aliphatic heterocycles. The molecule has 0 atom stereocenters. The number of urea groups is 1. The van der Waals surface area contributed by atoms with E-state index in [0.29, 0.717) is 0 Å². The lowest BCUT2D eigenvalue weighted by molar-refractivity contribution is -0.134. The number of nitrogens with zero attached hydrogens (tertiary/aromatic N) is 4. The number of hydrogen-bond donors (Lipinski definition) is 0. The zero-order chi connectivity index (χ0) is 23.2. The van der Waals surface area contributed by atoms with Crippen molar-refractivity contribution in [2.75, 3.05) is 45.3 Å². The number of aryl methyl sites for hydroxylation is 1. The van der Waals surface area contributed by atoms with Crippen molar-refractivity contribution < 1.29 is 19.1 Å². The van der Waals surface area contributed by atoms with Gasteiger partial charge in [0.05, 0.1) is 18.9 Å². The summed E-state index contributed by atoms with van der Waals surface area (Å²) in [6.45, 7) is 7.06. The first-order valence-corrected chi connectivity index (χ1v) is 11.1. The number of morpholine rings is 1. The van der Waals surface area contributed by atoms with E-state index in [9.17, 15) is 14.4 Å². The molecule has 4 rings (SSSR count). The first-order chi connectivity index (χ1) is 15.2. The van der Waals surface area contributed by atoms with Gasteiger partial charge in [0.2, 0.25) is 0 Å². The van der Waals surface area contributed by atoms with Crippen LogP contribution < -0.4 is 4.90 Å². The van der Waals surface area contributed by atoms with Crippen molar-refractivity contribution in [2.45, 2.75) is 13.8 Å². The zero-order valence-electron chi connectivity index (χ0n) is 18.5. The molecule has 0 saturated carbocycles. The largest absolute Gasteiger partial charge is 0.378 e. The molecule has 2 aromatic rings. The van der Waals surface area contributed by atoms with Crippen molar-refractivity contribution in [3.05, 3.63) is 51.3 Å². The number of barbiturate groups is 1. The fraction of sp³-hybridized carbons (Fsp3) is 0.348. The third-order valence-corrected chi connectivity index (χ3v) is 6.59. The standard InChI is InChI=1S/C23H25BrN4O4/c1-14-11-16(12-18-21(29)25(3)23(31)26(4)22(18)30)15(2)28(14)17-5-6-20(19(24)13-17)27-7-9-32-10-8-27/h5-6,11-13H,7-10H2,1-4H3. The van der Waals surface area contributed by atoms with Gasteiger partial charge in [-0.1, -0.05) is 0 Å². The molecule has 0 unspecified atom stereocenters. The molecular weight excluding hydrogens is 476 g/mol. The van der Waals surface area contributed by atoms with Crippen LogP contribution in [-0.4, -0.2) is 72.6 Å². The van der Waals surface area contributed by atoms with Crippen LogP contribution in [0.2, 0.25) is 0 Å². The van der Waals surface area contributed by atoms with Crippen LogP contribution in [0, 0.1) is 13.8 Å². The van der Waals surface area contributed by atoms with Gasteiger partial charge in [0.1, 0.15) is 5.57 Å². The molecule has 0 N–H and O–H groups in total. The molecule has 0 bridgehead atoms. The van der Waals surface area contributed by atoms with Gasteiger partial charge >= 0.3 is 6.03 Å². The van der Waals surface area contributed by atoms with Crippen molar-refractivity contribution in [1.82, 2.24) is 14.4 Å². The number of aromatic nitrogens is 1. The Labute approximate surface area is 195 Å². The molecule has 2 fully saturated rings. The Hall–Kier alpha value is -2.91. The first kappa shape index (κ1) is 22.3. The van der Waals surface area contributed by atoms with Gasteiger partial charge in [0.15, 0.2) is 0 Å². The van der Waals surface area contributed by atoms with Crippen molar-refractivity contribution in [3.8, 4) is 5.69 Å². The highest BCUT2D eigenvalue weighted by Crippen LogP contribution is 2.32. The van der Waals surface area contributed by atoms with E-state index in [1.807, 2.05) is 19.9 Å². The molecule has 0 radical (unpaired) electrons. The summed E-state index contributed by atoms with van der Waals surface area (Å²) in [5.74, 6) is -1.19. The van der Waals surface area contributed by atoms with E-state index in [2.05, 4.69) is 43.6 Å². The molecule has 1 aromatic carbocycles. The van der Waals surface area contributed by atoms with Crippen LogP contribution in [0.25, 0.3) is 11.8 Å². The second-order valence-corrected chi connectivity index (χ2v) is 8.82. The summed E-state index contributed by atoms with van der Waals surface area (Å²) >= 11 is 3.71. The molecule has 2 aliphatic rings. The van der Waals surface area contributed by atoms with Gasteiger partial charge in [0, 0.05) is 48.7 Å². The Morgan fingerprint density at radius 1 is 0.969 bits per heavy atom. The summed E-state index contributed by atoms with van der Waals surface area (Å²) in [6.07, 6.45) is 1.57. The summed E-state index contributed by atoms with van der Waals surface area (Å²) in [6, 6.07) is 7.52. The number of benzene rings is 1. The first-order valence-electron chi connectivity index (χ1n) is 10.3. The minimum absolute atomic E-state index is 0.0290. The molecule has 0 aliphatic carbocycles. The van der Waals surface area contributed by atoms with E-state index in [1.54, 1.807) is 6.08 Å². The number of hydrogen-bond acceptors (Lipinski definition) is 5. The van der Waals surface area contributed by atoms with Gasteiger partial charge in [-0.2, -0.15) is 0 Å². The number of rotatable bonds is 3. The van der Waals surface area contributed by atoms with Crippen molar-refractivity contribution in [3.63, 3.8) is 0 Å². The van der Waals surface area contributed by atoms with Crippen molar-refractivity contribution in [2.24, 2.45) is 0 Å². The van der Waals surface area contributed by atoms with E-state index in [1.165, 1.54) is 14.1 Å². The van der Waals surface area contributed by atoms with Gasteiger partial charge in [-0.15, -0.1) is 0 Å². The predicted molar refractivity (Wildman–Crippen MR) is 125 cm³/mol. The summed E-state index contributed by atoms with van der Waals surface area (Å²) in [7, 11) is 2.75. The number of ether oxygens (including phenoxy) is 1. The van der Waals surface area contributed by atoms with Gasteiger partial charge in [0.25, 0.3) is 11.8 Å². The number of halogens is 1. The molecule has 4 amide bonds. The quantitative estimate of drug-likeness (QED) is 0.478. The van der Waals surface area contributed by atoms with E-state index >= 15 is 0 Å². The van der Waals surface area contributed by atoms with Crippen LogP contribution in [0.1, 0.15) is 17.0 Å². The average molecular weight is 501 g/mol. The molecule has 1 aromatic heterocycles. The van der Waals surface area contributed by atoms with Crippen LogP contribution in [0.5, 0.6) is 0 Å². The topological polar surface area (TPSA) is 75.1 Å². The zero-order valence-corrected chi connectivity index (χ0v) is 20.1. The number of anilines is 1. The number of likely N-dealkylation sites (N-methyl/N-ethyl adjacent to an activating group) is 2. The Morgan fingerprint density at radius 2 is 1.59 bits per heavy atom. The van der Waals surface area contributed by atoms with Crippen LogP contribution >= 0.6 is 15.9 Å². The molecule has 9 heteroatoms. The maximum atomic E-state index is 12.6. The van der Waals surface area contributed by atoms with E-state index in [-0.39, 0.29) is 5.57 Å². The third kappa shape index (κ3) is 3.75. The van der Waals surface area contributed by atoms with Crippen molar-refractivity contribution in [1.29, 1.82) is 0 Å². The second kappa shape index (κ2) is 8.55. The summed E-state index contributed by atoms with van der Waals surface area (Å²) in [5.41, 5.74) is 4.68. The van der Waals surface area contributed by atoms with E-state index in [4.69, 9.17) is 4.74 Å². The van der Waals surface area contributed by atoms with Gasteiger partial charge in [-0.25, -0.2) is 4.79 Å². The summed E-state index contributed by atoms with van der Waals surface area (Å²) < 4.78 is 8.52. The Kier molecular flexibility index (Phi) is 5.96. The third-order valence-electron chi connectivity index (χ3n) is 5.96. The molecule has 168 valence electrons. The number of carbonyl (C=O) groups is 3. The average Bonchev–Trinajstić information content (AvgIpc) is 3.07. The molecule has 8 nitrogen and oxygen atoms in total. The maximum Gasteiger partial charge on any atom is 0.333 e. The number of carbonyl (C=O) groups excluding carboxylic acids is 3. The smallest absolute Gasteiger partial charge is 0.333 e. The van der Waals surface area contributed by atoms with Gasteiger partial charge in [-0.3, -0.25) is 19.4 Å². The molecule has 3 heterocycles. The summed E-state index contributed by atoms with van der Waals surface area (Å²) in [5, 5.41) is 0. The Bertz CT molecular complexity index is 1120. The lowest BCUT2D eigenvalue weighted by Gasteiger charge is -2.30. The monoisotopic (exact) mass is 500 g/mol. The summed E-state index contributed by atoms with van der Waals surface area (Å²) in [4.78, 5) is 41.3. The predicted octanol–water partition coefficient (Wildman–Crippen LogP) is 3.13.